The summed E-state index contributed by atoms with van der Waals surface area (Å²) in [4.78, 5) is 10.0. The van der Waals surface area contributed by atoms with E-state index < -0.39 is 4.92 Å². The van der Waals surface area contributed by atoms with Crippen LogP contribution in [0.1, 0.15) is 5.56 Å². The summed E-state index contributed by atoms with van der Waals surface area (Å²) in [5.41, 5.74) is 0.641. The lowest BCUT2D eigenvalue weighted by Crippen LogP contribution is -1.96. The van der Waals surface area contributed by atoms with Crippen molar-refractivity contribution in [2.24, 2.45) is 0 Å². The molecule has 0 unspecified atom stereocenters. The molecule has 0 aliphatic heterocycles. The number of aryl methyl sites for hydroxylation is 1. The molecular weight excluding hydrogens is 182 g/mol. The molecule has 0 N–H and O–H groups in total. The number of benzene rings is 1. The van der Waals surface area contributed by atoms with Crippen molar-refractivity contribution in [1.82, 2.24) is 0 Å². The Morgan fingerprint density at radius 1 is 1.64 bits per heavy atom. The van der Waals surface area contributed by atoms with Crippen molar-refractivity contribution in [2.75, 3.05) is 6.61 Å². The average molecular weight is 191 g/mol. The van der Waals surface area contributed by atoms with Gasteiger partial charge in [0.15, 0.2) is 0 Å². The van der Waals surface area contributed by atoms with Gasteiger partial charge in [0.25, 0.3) is 5.69 Å². The van der Waals surface area contributed by atoms with Crippen LogP contribution in [0.3, 0.4) is 0 Å². The third-order valence-electron chi connectivity index (χ3n) is 1.69. The lowest BCUT2D eigenvalue weighted by molar-refractivity contribution is -0.385. The molecule has 0 saturated carbocycles. The first-order chi connectivity index (χ1) is 6.65. The first-order valence-corrected chi connectivity index (χ1v) is 3.96. The van der Waals surface area contributed by atoms with Crippen molar-refractivity contribution >= 4 is 5.69 Å². The number of hydrogen-bond donors (Lipinski definition) is 0. The van der Waals surface area contributed by atoms with Gasteiger partial charge < -0.3 is 4.74 Å². The number of nitro benzene ring substituents is 1. The van der Waals surface area contributed by atoms with Crippen LogP contribution in [0.2, 0.25) is 0 Å². The van der Waals surface area contributed by atoms with Gasteiger partial charge in [-0.15, -0.1) is 6.42 Å². The Morgan fingerprint density at radius 3 is 2.86 bits per heavy atom. The normalized spacial score (nSPS) is 9.14. The molecule has 14 heavy (non-hydrogen) atoms. The maximum absolute atomic E-state index is 10.5. The van der Waals surface area contributed by atoms with Gasteiger partial charge in [0, 0.05) is 11.6 Å². The summed E-state index contributed by atoms with van der Waals surface area (Å²) in [6.45, 7) is 1.82. The Bertz CT molecular complexity index is 393. The van der Waals surface area contributed by atoms with E-state index in [9.17, 15) is 10.1 Å². The van der Waals surface area contributed by atoms with E-state index in [0.717, 1.165) is 0 Å². The van der Waals surface area contributed by atoms with Crippen molar-refractivity contribution in [3.63, 3.8) is 0 Å². The second-order valence-electron chi connectivity index (χ2n) is 2.70. The molecule has 0 saturated heterocycles. The Labute approximate surface area is 81.7 Å². The minimum atomic E-state index is -0.430. The van der Waals surface area contributed by atoms with Crippen LogP contribution in [0, 0.1) is 29.4 Å². The molecule has 72 valence electrons. The van der Waals surface area contributed by atoms with Crippen molar-refractivity contribution < 1.29 is 9.66 Å². The maximum Gasteiger partial charge on any atom is 0.272 e. The van der Waals surface area contributed by atoms with E-state index in [1.807, 2.05) is 0 Å². The van der Waals surface area contributed by atoms with Crippen molar-refractivity contribution in [2.45, 2.75) is 6.92 Å². The molecule has 0 spiro atoms. The van der Waals surface area contributed by atoms with E-state index >= 15 is 0 Å². The molecule has 0 aromatic heterocycles. The molecule has 0 fully saturated rings. The molecule has 0 aliphatic rings. The van der Waals surface area contributed by atoms with Gasteiger partial charge in [-0.05, 0) is 19.1 Å². The van der Waals surface area contributed by atoms with E-state index in [1.165, 1.54) is 12.1 Å². The van der Waals surface area contributed by atoms with Gasteiger partial charge in [-0.2, -0.15) is 0 Å². The number of nitrogens with zero attached hydrogens (tertiary/aromatic N) is 1. The highest BCUT2D eigenvalue weighted by molar-refractivity contribution is 5.44. The zero-order chi connectivity index (χ0) is 10.6. The SMILES string of the molecule is C#CCOc1ccc([N+](=O)[O-])c(C)c1. The smallest absolute Gasteiger partial charge is 0.272 e. The topological polar surface area (TPSA) is 52.4 Å². The summed E-state index contributed by atoms with van der Waals surface area (Å²) >= 11 is 0. The third kappa shape index (κ3) is 2.23. The Kier molecular flexibility index (Phi) is 3.08. The zero-order valence-electron chi connectivity index (χ0n) is 7.69. The fourth-order valence-corrected chi connectivity index (χ4v) is 1.05. The predicted octanol–water partition coefficient (Wildman–Crippen LogP) is 1.92. The lowest BCUT2D eigenvalue weighted by Gasteiger charge is -2.03. The van der Waals surface area contributed by atoms with Crippen LogP contribution in [-0.2, 0) is 0 Å². The highest BCUT2D eigenvalue weighted by Gasteiger charge is 2.09. The van der Waals surface area contributed by atoms with E-state index in [-0.39, 0.29) is 12.3 Å². The van der Waals surface area contributed by atoms with Gasteiger partial charge in [-0.1, -0.05) is 5.92 Å². The van der Waals surface area contributed by atoms with Crippen LogP contribution in [0.25, 0.3) is 0 Å². The summed E-state index contributed by atoms with van der Waals surface area (Å²) in [5.74, 6) is 2.86. The van der Waals surface area contributed by atoms with Crippen molar-refractivity contribution in [3.8, 4) is 18.1 Å². The highest BCUT2D eigenvalue weighted by Crippen LogP contribution is 2.22. The van der Waals surface area contributed by atoms with Crippen LogP contribution in [-0.4, -0.2) is 11.5 Å². The second-order valence-corrected chi connectivity index (χ2v) is 2.70. The molecule has 0 bridgehead atoms. The Hall–Kier alpha value is -2.02. The van der Waals surface area contributed by atoms with Gasteiger partial charge in [-0.25, -0.2) is 0 Å². The number of rotatable bonds is 3. The van der Waals surface area contributed by atoms with Crippen LogP contribution in [0.15, 0.2) is 18.2 Å². The quantitative estimate of drug-likeness (QED) is 0.416. The van der Waals surface area contributed by atoms with Gasteiger partial charge in [-0.3, -0.25) is 10.1 Å². The summed E-state index contributed by atoms with van der Waals surface area (Å²) < 4.78 is 5.11. The van der Waals surface area contributed by atoms with Crippen molar-refractivity contribution in [1.29, 1.82) is 0 Å². The predicted molar refractivity (Wildman–Crippen MR) is 52.2 cm³/mol. The van der Waals surface area contributed by atoms with Crippen molar-refractivity contribution in [3.05, 3.63) is 33.9 Å². The molecule has 0 aliphatic carbocycles. The highest BCUT2D eigenvalue weighted by atomic mass is 16.6. The van der Waals surface area contributed by atoms with Crippen LogP contribution >= 0.6 is 0 Å². The molecule has 0 radical (unpaired) electrons. The number of hydrogen-bond acceptors (Lipinski definition) is 3. The fourth-order valence-electron chi connectivity index (χ4n) is 1.05. The largest absolute Gasteiger partial charge is 0.481 e. The van der Waals surface area contributed by atoms with Gasteiger partial charge in [0.1, 0.15) is 12.4 Å². The van der Waals surface area contributed by atoms with Gasteiger partial charge in [0.2, 0.25) is 0 Å². The molecule has 0 amide bonds. The molecule has 4 heteroatoms. The molecule has 1 aromatic carbocycles. The number of terminal acetylenes is 1. The monoisotopic (exact) mass is 191 g/mol. The van der Waals surface area contributed by atoms with E-state index in [1.54, 1.807) is 13.0 Å². The van der Waals surface area contributed by atoms with Gasteiger partial charge in [0.05, 0.1) is 4.92 Å². The maximum atomic E-state index is 10.5. The lowest BCUT2D eigenvalue weighted by atomic mass is 10.2. The molecule has 1 rings (SSSR count). The van der Waals surface area contributed by atoms with E-state index in [0.29, 0.717) is 11.3 Å². The number of nitro groups is 1. The first-order valence-electron chi connectivity index (χ1n) is 3.96. The first kappa shape index (κ1) is 10.1. The van der Waals surface area contributed by atoms with Gasteiger partial charge >= 0.3 is 0 Å². The standard InChI is InChI=1S/C10H9NO3/c1-3-6-14-9-4-5-10(11(12)13)8(2)7-9/h1,4-5,7H,6H2,2H3. The van der Waals surface area contributed by atoms with E-state index in [4.69, 9.17) is 11.2 Å². The molecule has 0 atom stereocenters. The second kappa shape index (κ2) is 4.28. The third-order valence-corrected chi connectivity index (χ3v) is 1.69. The Balaban J connectivity index is 2.90. The van der Waals surface area contributed by atoms with E-state index in [2.05, 4.69) is 5.92 Å². The molecule has 0 heterocycles. The Morgan fingerprint density at radius 2 is 2.36 bits per heavy atom. The molecule has 4 nitrogen and oxygen atoms in total. The molecular formula is C10H9NO3. The minimum absolute atomic E-state index is 0.0815. The number of ether oxygens (including phenoxy) is 1. The molecule has 1 aromatic rings. The summed E-state index contributed by atoms with van der Waals surface area (Å²) in [7, 11) is 0. The average Bonchev–Trinajstić information content (AvgIpc) is 2.14. The summed E-state index contributed by atoms with van der Waals surface area (Å²) in [5, 5.41) is 10.5. The van der Waals surface area contributed by atoms with Crippen LogP contribution in [0.5, 0.6) is 5.75 Å². The van der Waals surface area contributed by atoms with Crippen LogP contribution < -0.4 is 4.74 Å². The fraction of sp³-hybridized carbons (Fsp3) is 0.200. The minimum Gasteiger partial charge on any atom is -0.481 e. The van der Waals surface area contributed by atoms with Crippen LogP contribution in [0.4, 0.5) is 5.69 Å². The summed E-state index contributed by atoms with van der Waals surface area (Å²) in [6, 6.07) is 4.53. The zero-order valence-corrected chi connectivity index (χ0v) is 7.69. The summed E-state index contributed by atoms with van der Waals surface area (Å²) in [6.07, 6.45) is 5.01.